The first-order valence-electron chi connectivity index (χ1n) is 6.95. The molecule has 0 aliphatic carbocycles. The fraction of sp³-hybridized carbons (Fsp3) is 0.429. The van der Waals surface area contributed by atoms with Gasteiger partial charge in [0.15, 0.2) is 0 Å². The van der Waals surface area contributed by atoms with Crippen LogP contribution in [-0.4, -0.2) is 47.7 Å². The normalized spacial score (nSPS) is 18.4. The smallest absolute Gasteiger partial charge is 0.299 e. The minimum Gasteiger partial charge on any atom is -0.303 e. The average Bonchev–Trinajstić information content (AvgIpc) is 3.06. The number of non-ortho nitro benzene ring substituents is 1. The second-order valence-corrected chi connectivity index (χ2v) is 5.29. The van der Waals surface area contributed by atoms with E-state index >= 15 is 0 Å². The second-order valence-electron chi connectivity index (χ2n) is 5.29. The number of nitro groups is 1. The van der Waals surface area contributed by atoms with E-state index in [4.69, 9.17) is 0 Å². The summed E-state index contributed by atoms with van der Waals surface area (Å²) in [6.07, 6.45) is 2.32. The van der Waals surface area contributed by atoms with E-state index < -0.39 is 16.6 Å². The van der Waals surface area contributed by atoms with Crippen molar-refractivity contribution in [2.75, 3.05) is 31.1 Å². The van der Waals surface area contributed by atoms with Crippen LogP contribution in [0.4, 0.5) is 11.4 Å². The number of carbonyl (C=O) groups excluding carboxylic acids is 2. The van der Waals surface area contributed by atoms with E-state index in [1.165, 1.54) is 23.1 Å². The van der Waals surface area contributed by atoms with Crippen LogP contribution < -0.4 is 4.90 Å². The fourth-order valence-corrected chi connectivity index (χ4v) is 2.87. The van der Waals surface area contributed by atoms with E-state index in [0.29, 0.717) is 12.2 Å². The number of likely N-dealkylation sites (tertiary alicyclic amines) is 1. The summed E-state index contributed by atoms with van der Waals surface area (Å²) in [5.74, 6) is -1.25. The van der Waals surface area contributed by atoms with Crippen LogP contribution in [0.15, 0.2) is 18.2 Å². The topological polar surface area (TPSA) is 83.8 Å². The summed E-state index contributed by atoms with van der Waals surface area (Å²) in [6, 6.07) is 4.00. The van der Waals surface area contributed by atoms with Crippen molar-refractivity contribution in [3.63, 3.8) is 0 Å². The van der Waals surface area contributed by atoms with Crippen molar-refractivity contribution >= 4 is 23.1 Å². The fourth-order valence-electron chi connectivity index (χ4n) is 2.87. The van der Waals surface area contributed by atoms with Gasteiger partial charge >= 0.3 is 0 Å². The van der Waals surface area contributed by atoms with Crippen molar-refractivity contribution in [3.05, 3.63) is 33.9 Å². The molecule has 0 atom stereocenters. The van der Waals surface area contributed by atoms with E-state index in [9.17, 15) is 19.7 Å². The van der Waals surface area contributed by atoms with Crippen LogP contribution in [0.25, 0.3) is 0 Å². The predicted molar refractivity (Wildman–Crippen MR) is 75.5 cm³/mol. The van der Waals surface area contributed by atoms with E-state index in [-0.39, 0.29) is 11.3 Å². The Morgan fingerprint density at radius 3 is 2.52 bits per heavy atom. The average molecular weight is 289 g/mol. The lowest BCUT2D eigenvalue weighted by atomic mass is 10.1. The summed E-state index contributed by atoms with van der Waals surface area (Å²) in [4.78, 5) is 37.9. The van der Waals surface area contributed by atoms with Gasteiger partial charge in [-0.15, -0.1) is 0 Å². The lowest BCUT2D eigenvalue weighted by Crippen LogP contribution is -2.37. The van der Waals surface area contributed by atoms with E-state index in [2.05, 4.69) is 4.90 Å². The van der Waals surface area contributed by atoms with Gasteiger partial charge in [0.2, 0.25) is 0 Å². The molecule has 0 spiro atoms. The summed E-state index contributed by atoms with van der Waals surface area (Å²) in [7, 11) is 0. The van der Waals surface area contributed by atoms with Gasteiger partial charge in [-0.3, -0.25) is 19.7 Å². The summed E-state index contributed by atoms with van der Waals surface area (Å²) in [6.45, 7) is 3.19. The molecule has 1 aromatic carbocycles. The third-order valence-electron chi connectivity index (χ3n) is 4.00. The molecule has 2 heterocycles. The Bertz CT molecular complexity index is 623. The molecule has 110 valence electrons. The van der Waals surface area contributed by atoms with Crippen LogP contribution in [0, 0.1) is 10.1 Å². The highest BCUT2D eigenvalue weighted by molar-refractivity contribution is 6.52. The Morgan fingerprint density at radius 2 is 1.86 bits per heavy atom. The van der Waals surface area contributed by atoms with Crippen molar-refractivity contribution in [3.8, 4) is 0 Å². The van der Waals surface area contributed by atoms with Gasteiger partial charge in [-0.1, -0.05) is 0 Å². The molecule has 7 heteroatoms. The van der Waals surface area contributed by atoms with Gasteiger partial charge in [-0.2, -0.15) is 0 Å². The van der Waals surface area contributed by atoms with Crippen LogP contribution in [-0.2, 0) is 4.79 Å². The number of carbonyl (C=O) groups is 2. The molecule has 3 rings (SSSR count). The van der Waals surface area contributed by atoms with Crippen molar-refractivity contribution in [2.45, 2.75) is 12.8 Å². The van der Waals surface area contributed by atoms with Crippen LogP contribution in [0.5, 0.6) is 0 Å². The number of anilines is 1. The summed E-state index contributed by atoms with van der Waals surface area (Å²) in [5.41, 5.74) is 0.446. The van der Waals surface area contributed by atoms with E-state index in [1.807, 2.05) is 0 Å². The molecular weight excluding hydrogens is 274 g/mol. The largest absolute Gasteiger partial charge is 0.303 e. The number of nitro benzene ring substituents is 1. The highest BCUT2D eigenvalue weighted by Crippen LogP contribution is 2.31. The Balaban J connectivity index is 1.82. The van der Waals surface area contributed by atoms with Gasteiger partial charge in [0.05, 0.1) is 16.2 Å². The molecule has 0 saturated carbocycles. The van der Waals surface area contributed by atoms with Crippen molar-refractivity contribution in [1.29, 1.82) is 0 Å². The number of hydrogen-bond donors (Lipinski definition) is 0. The number of nitrogens with zero attached hydrogens (tertiary/aromatic N) is 3. The molecule has 0 unspecified atom stereocenters. The number of hydrogen-bond acceptors (Lipinski definition) is 5. The maximum atomic E-state index is 12.0. The molecule has 2 aliphatic heterocycles. The van der Waals surface area contributed by atoms with Crippen molar-refractivity contribution in [1.82, 2.24) is 4.90 Å². The van der Waals surface area contributed by atoms with Crippen LogP contribution in [0.1, 0.15) is 23.2 Å². The summed E-state index contributed by atoms with van der Waals surface area (Å²) in [5, 5.41) is 10.8. The molecule has 21 heavy (non-hydrogen) atoms. The van der Waals surface area contributed by atoms with Crippen molar-refractivity contribution in [2.24, 2.45) is 0 Å². The monoisotopic (exact) mass is 289 g/mol. The number of Topliss-reactive ketones (excluding diaryl/α,β-unsaturated/α-hetero) is 1. The number of amides is 1. The van der Waals surface area contributed by atoms with Gasteiger partial charge in [-0.25, -0.2) is 0 Å². The maximum absolute atomic E-state index is 12.0. The molecule has 7 nitrogen and oxygen atoms in total. The van der Waals surface area contributed by atoms with Gasteiger partial charge < -0.3 is 9.80 Å². The van der Waals surface area contributed by atoms with E-state index in [0.717, 1.165) is 32.5 Å². The first kappa shape index (κ1) is 13.7. The highest BCUT2D eigenvalue weighted by atomic mass is 16.6. The van der Waals surface area contributed by atoms with Gasteiger partial charge in [-0.05, 0) is 32.0 Å². The zero-order chi connectivity index (χ0) is 15.0. The highest BCUT2D eigenvalue weighted by Gasteiger charge is 2.37. The minimum atomic E-state index is -0.657. The van der Waals surface area contributed by atoms with Crippen molar-refractivity contribution < 1.29 is 14.5 Å². The Labute approximate surface area is 121 Å². The molecule has 1 amide bonds. The Hall–Kier alpha value is -2.28. The second kappa shape index (κ2) is 5.25. The molecule has 1 saturated heterocycles. The molecule has 0 aromatic heterocycles. The summed E-state index contributed by atoms with van der Waals surface area (Å²) >= 11 is 0. The number of fused-ring (bicyclic) bond motifs is 1. The Kier molecular flexibility index (Phi) is 3.42. The third-order valence-corrected chi connectivity index (χ3v) is 4.00. The van der Waals surface area contributed by atoms with Gasteiger partial charge in [0.25, 0.3) is 17.4 Å². The molecule has 0 N–H and O–H groups in total. The predicted octanol–water partition coefficient (Wildman–Crippen LogP) is 1.22. The molecule has 0 bridgehead atoms. The molecular formula is C14H15N3O4. The van der Waals surface area contributed by atoms with Crippen LogP contribution in [0.2, 0.25) is 0 Å². The lowest BCUT2D eigenvalue weighted by Gasteiger charge is -2.21. The van der Waals surface area contributed by atoms with Gasteiger partial charge in [0, 0.05) is 25.2 Å². The molecule has 0 radical (unpaired) electrons. The van der Waals surface area contributed by atoms with Crippen LogP contribution in [0.3, 0.4) is 0 Å². The standard InChI is InChI=1S/C14H15N3O4/c18-13-11-9-10(17(20)21)3-4-12(11)16(14(13)19)8-7-15-5-1-2-6-15/h3-4,9H,1-2,5-8H2. The molecule has 1 aromatic rings. The quantitative estimate of drug-likeness (QED) is 0.473. The first-order valence-corrected chi connectivity index (χ1v) is 6.95. The van der Waals surface area contributed by atoms with Crippen LogP contribution >= 0.6 is 0 Å². The number of benzene rings is 1. The zero-order valence-electron chi connectivity index (χ0n) is 11.4. The molecule has 1 fully saturated rings. The van der Waals surface area contributed by atoms with Gasteiger partial charge in [0.1, 0.15) is 0 Å². The summed E-state index contributed by atoms with van der Waals surface area (Å²) < 4.78 is 0. The Morgan fingerprint density at radius 1 is 1.14 bits per heavy atom. The molecule has 2 aliphatic rings. The van der Waals surface area contributed by atoms with E-state index in [1.54, 1.807) is 0 Å². The minimum absolute atomic E-state index is 0.135. The zero-order valence-corrected chi connectivity index (χ0v) is 11.4. The lowest BCUT2D eigenvalue weighted by molar-refractivity contribution is -0.384. The maximum Gasteiger partial charge on any atom is 0.299 e. The number of ketones is 1. The number of rotatable bonds is 4. The SMILES string of the molecule is O=C1C(=O)N(CCN2CCCC2)c2ccc([N+](=O)[O-])cc21. The first-order chi connectivity index (χ1) is 10.1. The third kappa shape index (κ3) is 2.40.